The number of nitrogens with zero attached hydrogens (tertiary/aromatic N) is 1. The van der Waals surface area contributed by atoms with E-state index in [1.54, 1.807) is 11.3 Å². The zero-order chi connectivity index (χ0) is 7.84. The molecule has 1 saturated carbocycles. The predicted octanol–water partition coefficient (Wildman–Crippen LogP) is 2.73. The standard InChI is InChI=1S/C7H9BrN2S/c1-4-2-5(4)9-7-10-6(8)3-11-7/h3-5H,2H2,1H3,(H,9,10). The molecule has 11 heavy (non-hydrogen) atoms. The molecule has 1 aromatic heterocycles. The number of aromatic nitrogens is 1. The Labute approximate surface area is 78.2 Å². The molecule has 0 radical (unpaired) electrons. The molecular formula is C7H9BrN2S. The van der Waals surface area contributed by atoms with Crippen LogP contribution in [0.5, 0.6) is 0 Å². The Balaban J connectivity index is 1.96. The van der Waals surface area contributed by atoms with E-state index in [1.165, 1.54) is 6.42 Å². The van der Waals surface area contributed by atoms with Crippen molar-refractivity contribution in [3.63, 3.8) is 0 Å². The van der Waals surface area contributed by atoms with E-state index in [9.17, 15) is 0 Å². The van der Waals surface area contributed by atoms with Crippen LogP contribution < -0.4 is 5.32 Å². The highest BCUT2D eigenvalue weighted by molar-refractivity contribution is 9.10. The number of hydrogen-bond donors (Lipinski definition) is 1. The van der Waals surface area contributed by atoms with E-state index in [1.807, 2.05) is 5.38 Å². The summed E-state index contributed by atoms with van der Waals surface area (Å²) in [5.41, 5.74) is 0. The largest absolute Gasteiger partial charge is 0.358 e. The molecule has 60 valence electrons. The number of thiazole rings is 1. The Kier molecular flexibility index (Phi) is 1.89. The van der Waals surface area contributed by atoms with Crippen molar-refractivity contribution in [1.82, 2.24) is 4.98 Å². The van der Waals surface area contributed by atoms with E-state index in [2.05, 4.69) is 33.2 Å². The molecule has 0 saturated heterocycles. The van der Waals surface area contributed by atoms with Gasteiger partial charge in [0.15, 0.2) is 5.13 Å². The molecule has 1 aromatic rings. The first-order valence-electron chi connectivity index (χ1n) is 3.63. The Morgan fingerprint density at radius 3 is 3.00 bits per heavy atom. The van der Waals surface area contributed by atoms with Gasteiger partial charge in [-0.3, -0.25) is 0 Å². The maximum absolute atomic E-state index is 4.25. The van der Waals surface area contributed by atoms with Crippen LogP contribution >= 0.6 is 27.3 Å². The molecular weight excluding hydrogens is 224 g/mol. The zero-order valence-electron chi connectivity index (χ0n) is 6.17. The van der Waals surface area contributed by atoms with Gasteiger partial charge in [-0.2, -0.15) is 0 Å². The summed E-state index contributed by atoms with van der Waals surface area (Å²) in [4.78, 5) is 4.25. The second kappa shape index (κ2) is 2.75. The fraction of sp³-hybridized carbons (Fsp3) is 0.571. The molecule has 1 aliphatic rings. The van der Waals surface area contributed by atoms with Crippen molar-refractivity contribution in [2.45, 2.75) is 19.4 Å². The molecule has 1 heterocycles. The molecule has 1 N–H and O–H groups in total. The predicted molar refractivity (Wildman–Crippen MR) is 51.0 cm³/mol. The van der Waals surface area contributed by atoms with Crippen molar-refractivity contribution in [3.05, 3.63) is 9.98 Å². The molecule has 2 rings (SSSR count). The van der Waals surface area contributed by atoms with E-state index in [0.717, 1.165) is 15.7 Å². The van der Waals surface area contributed by atoms with Gasteiger partial charge in [0.25, 0.3) is 0 Å². The molecule has 0 aliphatic heterocycles. The van der Waals surface area contributed by atoms with Gasteiger partial charge in [-0.25, -0.2) is 4.98 Å². The zero-order valence-corrected chi connectivity index (χ0v) is 8.58. The van der Waals surface area contributed by atoms with Crippen LogP contribution in [0.3, 0.4) is 0 Å². The van der Waals surface area contributed by atoms with Crippen molar-refractivity contribution < 1.29 is 0 Å². The number of anilines is 1. The number of nitrogens with one attached hydrogen (secondary N) is 1. The van der Waals surface area contributed by atoms with Crippen LogP contribution in [-0.2, 0) is 0 Å². The average molecular weight is 233 g/mol. The minimum atomic E-state index is 0.674. The van der Waals surface area contributed by atoms with Crippen LogP contribution in [0.1, 0.15) is 13.3 Å². The van der Waals surface area contributed by atoms with E-state index in [-0.39, 0.29) is 0 Å². The third-order valence-corrected chi connectivity index (χ3v) is 3.38. The Morgan fingerprint density at radius 2 is 2.55 bits per heavy atom. The number of rotatable bonds is 2. The molecule has 2 nitrogen and oxygen atoms in total. The molecule has 1 aliphatic carbocycles. The number of halogens is 1. The second-order valence-corrected chi connectivity index (χ2v) is 4.61. The first-order chi connectivity index (χ1) is 5.25. The lowest BCUT2D eigenvalue weighted by Gasteiger charge is -1.96. The van der Waals surface area contributed by atoms with Gasteiger partial charge in [-0.05, 0) is 28.3 Å². The smallest absolute Gasteiger partial charge is 0.183 e. The Morgan fingerprint density at radius 1 is 1.82 bits per heavy atom. The lowest BCUT2D eigenvalue weighted by atomic mass is 10.5. The lowest BCUT2D eigenvalue weighted by Crippen LogP contribution is -2.02. The summed E-state index contributed by atoms with van der Waals surface area (Å²) in [7, 11) is 0. The van der Waals surface area contributed by atoms with Crippen LogP contribution in [0.25, 0.3) is 0 Å². The summed E-state index contributed by atoms with van der Waals surface area (Å²) >= 11 is 4.97. The van der Waals surface area contributed by atoms with Gasteiger partial charge in [0, 0.05) is 11.4 Å². The molecule has 0 aromatic carbocycles. The Hall–Kier alpha value is -0.0900. The van der Waals surface area contributed by atoms with Gasteiger partial charge in [0.1, 0.15) is 4.60 Å². The molecule has 0 bridgehead atoms. The minimum absolute atomic E-state index is 0.674. The van der Waals surface area contributed by atoms with E-state index in [0.29, 0.717) is 6.04 Å². The molecule has 0 spiro atoms. The fourth-order valence-electron chi connectivity index (χ4n) is 1.00. The van der Waals surface area contributed by atoms with Gasteiger partial charge < -0.3 is 5.32 Å². The third-order valence-electron chi connectivity index (χ3n) is 1.89. The van der Waals surface area contributed by atoms with Crippen molar-refractivity contribution in [1.29, 1.82) is 0 Å². The van der Waals surface area contributed by atoms with Gasteiger partial charge in [0.2, 0.25) is 0 Å². The van der Waals surface area contributed by atoms with Gasteiger partial charge in [0.05, 0.1) is 0 Å². The number of hydrogen-bond acceptors (Lipinski definition) is 3. The lowest BCUT2D eigenvalue weighted by molar-refractivity contribution is 0.927. The van der Waals surface area contributed by atoms with Gasteiger partial charge in [-0.1, -0.05) is 6.92 Å². The maximum atomic E-state index is 4.25. The SMILES string of the molecule is CC1CC1Nc1nc(Br)cs1. The maximum Gasteiger partial charge on any atom is 0.183 e. The van der Waals surface area contributed by atoms with Crippen molar-refractivity contribution in [2.75, 3.05) is 5.32 Å². The second-order valence-electron chi connectivity index (χ2n) is 2.94. The summed E-state index contributed by atoms with van der Waals surface area (Å²) in [5.74, 6) is 0.831. The normalized spacial score (nSPS) is 28.5. The van der Waals surface area contributed by atoms with Crippen molar-refractivity contribution in [2.24, 2.45) is 5.92 Å². The highest BCUT2D eigenvalue weighted by atomic mass is 79.9. The Bertz CT molecular complexity index is 261. The summed E-state index contributed by atoms with van der Waals surface area (Å²) in [5, 5.41) is 6.39. The topological polar surface area (TPSA) is 24.9 Å². The van der Waals surface area contributed by atoms with E-state index in [4.69, 9.17) is 0 Å². The van der Waals surface area contributed by atoms with E-state index < -0.39 is 0 Å². The first-order valence-corrected chi connectivity index (χ1v) is 5.30. The minimum Gasteiger partial charge on any atom is -0.358 e. The first kappa shape index (κ1) is 7.55. The summed E-state index contributed by atoms with van der Waals surface area (Å²) in [6.07, 6.45) is 1.29. The third kappa shape index (κ3) is 1.73. The fourth-order valence-corrected chi connectivity index (χ4v) is 2.21. The monoisotopic (exact) mass is 232 g/mol. The quantitative estimate of drug-likeness (QED) is 0.849. The van der Waals surface area contributed by atoms with E-state index >= 15 is 0 Å². The van der Waals surface area contributed by atoms with Crippen molar-refractivity contribution in [3.8, 4) is 0 Å². The molecule has 1 fully saturated rings. The van der Waals surface area contributed by atoms with Crippen molar-refractivity contribution >= 4 is 32.4 Å². The highest BCUT2D eigenvalue weighted by Gasteiger charge is 2.32. The van der Waals surface area contributed by atoms with Gasteiger partial charge >= 0.3 is 0 Å². The van der Waals surface area contributed by atoms with Crippen LogP contribution in [0.4, 0.5) is 5.13 Å². The average Bonchev–Trinajstić information content (AvgIpc) is 2.42. The highest BCUT2D eigenvalue weighted by Crippen LogP contribution is 2.33. The van der Waals surface area contributed by atoms with Gasteiger partial charge in [-0.15, -0.1) is 11.3 Å². The van der Waals surface area contributed by atoms with Crippen LogP contribution in [0.2, 0.25) is 0 Å². The van der Waals surface area contributed by atoms with Crippen LogP contribution in [0, 0.1) is 5.92 Å². The van der Waals surface area contributed by atoms with Crippen LogP contribution in [0.15, 0.2) is 9.98 Å². The molecule has 2 atom stereocenters. The molecule has 2 unspecified atom stereocenters. The molecule has 4 heteroatoms. The molecule has 0 amide bonds. The summed E-state index contributed by atoms with van der Waals surface area (Å²) in [6, 6.07) is 0.674. The van der Waals surface area contributed by atoms with Crippen LogP contribution in [-0.4, -0.2) is 11.0 Å². The summed E-state index contributed by atoms with van der Waals surface area (Å²) in [6.45, 7) is 2.25. The summed E-state index contributed by atoms with van der Waals surface area (Å²) < 4.78 is 0.929.